The van der Waals surface area contributed by atoms with Crippen LogP contribution in [0, 0.1) is 5.92 Å². The highest BCUT2D eigenvalue weighted by Crippen LogP contribution is 2.29. The second-order valence-electron chi connectivity index (χ2n) is 5.65. The summed E-state index contributed by atoms with van der Waals surface area (Å²) in [6.45, 7) is 3.68. The molecule has 1 aromatic rings. The number of hydrogen-bond acceptors (Lipinski definition) is 4. The maximum atomic E-state index is 12.7. The lowest BCUT2D eigenvalue weighted by Crippen LogP contribution is -2.35. The van der Waals surface area contributed by atoms with Gasteiger partial charge in [-0.3, -0.25) is 4.79 Å². The van der Waals surface area contributed by atoms with Gasteiger partial charge in [-0.05, 0) is 32.1 Å². The van der Waals surface area contributed by atoms with Gasteiger partial charge in [-0.25, -0.2) is 0 Å². The Morgan fingerprint density at radius 1 is 1.40 bits per heavy atom. The van der Waals surface area contributed by atoms with Gasteiger partial charge in [-0.15, -0.1) is 0 Å². The predicted octanol–water partition coefficient (Wildman–Crippen LogP) is 1.30. The molecule has 110 valence electrons. The van der Waals surface area contributed by atoms with Crippen molar-refractivity contribution in [2.24, 2.45) is 5.92 Å². The van der Waals surface area contributed by atoms with E-state index in [1.54, 1.807) is 18.2 Å². The minimum Gasteiger partial charge on any atom is -0.494 e. The second kappa shape index (κ2) is 5.71. The van der Waals surface area contributed by atoms with Crippen molar-refractivity contribution >= 4 is 11.6 Å². The molecule has 5 heteroatoms. The van der Waals surface area contributed by atoms with Crippen molar-refractivity contribution in [3.8, 4) is 5.75 Å². The van der Waals surface area contributed by atoms with Crippen molar-refractivity contribution in [1.29, 1.82) is 0 Å². The fraction of sp³-hybridized carbons (Fsp3) is 0.533. The summed E-state index contributed by atoms with van der Waals surface area (Å²) in [5, 5.41) is 0. The van der Waals surface area contributed by atoms with Crippen LogP contribution in [0.15, 0.2) is 18.2 Å². The number of nitrogen functional groups attached to an aromatic ring is 1. The summed E-state index contributed by atoms with van der Waals surface area (Å²) < 4.78 is 5.28. The van der Waals surface area contributed by atoms with E-state index in [0.717, 1.165) is 13.1 Å². The number of anilines is 1. The monoisotopic (exact) mass is 277 g/mol. The van der Waals surface area contributed by atoms with Gasteiger partial charge < -0.3 is 20.3 Å². The van der Waals surface area contributed by atoms with E-state index in [2.05, 4.69) is 25.9 Å². The molecule has 0 saturated carbocycles. The zero-order valence-electron chi connectivity index (χ0n) is 12.6. The third kappa shape index (κ3) is 2.58. The highest BCUT2D eigenvalue weighted by molar-refractivity contribution is 5.98. The molecule has 0 aliphatic carbocycles. The van der Waals surface area contributed by atoms with Crippen molar-refractivity contribution in [3.05, 3.63) is 23.8 Å². The Kier molecular flexibility index (Phi) is 4.18. The summed E-state index contributed by atoms with van der Waals surface area (Å²) in [5.74, 6) is 0.921. The number of nitrogens with zero attached hydrogens (tertiary/aromatic N) is 2. The molecule has 0 bridgehead atoms. The van der Waals surface area contributed by atoms with Crippen LogP contribution in [-0.4, -0.2) is 56.0 Å². The highest BCUT2D eigenvalue weighted by atomic mass is 16.5. The van der Waals surface area contributed by atoms with Gasteiger partial charge in [0.2, 0.25) is 0 Å². The Labute approximate surface area is 120 Å². The zero-order chi connectivity index (χ0) is 14.9. The van der Waals surface area contributed by atoms with Gasteiger partial charge in [0.25, 0.3) is 5.91 Å². The van der Waals surface area contributed by atoms with E-state index in [1.165, 1.54) is 7.11 Å². The topological polar surface area (TPSA) is 58.8 Å². The molecule has 1 heterocycles. The maximum absolute atomic E-state index is 12.7. The SMILES string of the molecule is COc1c(N)cccc1C(=O)N1CC(C)C(N(C)C)C1. The van der Waals surface area contributed by atoms with Gasteiger partial charge in [0.05, 0.1) is 18.4 Å². The van der Waals surface area contributed by atoms with Crippen molar-refractivity contribution < 1.29 is 9.53 Å². The van der Waals surface area contributed by atoms with Crippen LogP contribution < -0.4 is 10.5 Å². The van der Waals surface area contributed by atoms with E-state index in [4.69, 9.17) is 10.5 Å². The van der Waals surface area contributed by atoms with Gasteiger partial charge >= 0.3 is 0 Å². The zero-order valence-corrected chi connectivity index (χ0v) is 12.6. The first-order valence-electron chi connectivity index (χ1n) is 6.84. The highest BCUT2D eigenvalue weighted by Gasteiger charge is 2.34. The minimum atomic E-state index is -0.00894. The summed E-state index contributed by atoms with van der Waals surface area (Å²) in [6, 6.07) is 5.69. The average Bonchev–Trinajstić information content (AvgIpc) is 2.80. The number of amides is 1. The molecule has 2 unspecified atom stereocenters. The molecule has 0 spiro atoms. The summed E-state index contributed by atoms with van der Waals surface area (Å²) >= 11 is 0. The molecule has 1 aliphatic heterocycles. The number of para-hydroxylation sites is 1. The van der Waals surface area contributed by atoms with Gasteiger partial charge in [-0.1, -0.05) is 13.0 Å². The number of benzene rings is 1. The molecule has 5 nitrogen and oxygen atoms in total. The molecule has 2 N–H and O–H groups in total. The number of methoxy groups -OCH3 is 1. The molecular weight excluding hydrogens is 254 g/mol. The average molecular weight is 277 g/mol. The number of carbonyl (C=O) groups is 1. The first-order chi connectivity index (χ1) is 9.45. The van der Waals surface area contributed by atoms with E-state index in [9.17, 15) is 4.79 Å². The molecule has 2 rings (SSSR count). The fourth-order valence-corrected chi connectivity index (χ4v) is 2.91. The van der Waals surface area contributed by atoms with Crippen molar-refractivity contribution in [3.63, 3.8) is 0 Å². The van der Waals surface area contributed by atoms with Crippen LogP contribution >= 0.6 is 0 Å². The third-order valence-corrected chi connectivity index (χ3v) is 4.00. The van der Waals surface area contributed by atoms with Crippen LogP contribution in [-0.2, 0) is 0 Å². The maximum Gasteiger partial charge on any atom is 0.257 e. The van der Waals surface area contributed by atoms with Gasteiger partial charge in [0.15, 0.2) is 5.75 Å². The normalized spacial score (nSPS) is 22.4. The Hall–Kier alpha value is -1.75. The van der Waals surface area contributed by atoms with E-state index in [0.29, 0.717) is 29.0 Å². The Balaban J connectivity index is 2.23. The summed E-state index contributed by atoms with van der Waals surface area (Å²) in [4.78, 5) is 16.7. The van der Waals surface area contributed by atoms with E-state index in [-0.39, 0.29) is 5.91 Å². The number of rotatable bonds is 3. The Bertz CT molecular complexity index is 502. The van der Waals surface area contributed by atoms with Crippen LogP contribution in [0.4, 0.5) is 5.69 Å². The molecule has 20 heavy (non-hydrogen) atoms. The van der Waals surface area contributed by atoms with Crippen LogP contribution in [0.25, 0.3) is 0 Å². The second-order valence-corrected chi connectivity index (χ2v) is 5.65. The summed E-state index contributed by atoms with van der Waals surface area (Å²) in [7, 11) is 5.64. The molecule has 1 saturated heterocycles. The van der Waals surface area contributed by atoms with Crippen molar-refractivity contribution in [2.75, 3.05) is 40.0 Å². The molecule has 1 aliphatic rings. The molecule has 1 fully saturated rings. The van der Waals surface area contributed by atoms with Crippen LogP contribution in [0.1, 0.15) is 17.3 Å². The number of ether oxygens (including phenoxy) is 1. The quantitative estimate of drug-likeness (QED) is 0.846. The lowest BCUT2D eigenvalue weighted by atomic mass is 10.1. The largest absolute Gasteiger partial charge is 0.494 e. The molecule has 0 radical (unpaired) electrons. The van der Waals surface area contributed by atoms with Crippen LogP contribution in [0.2, 0.25) is 0 Å². The predicted molar refractivity (Wildman–Crippen MR) is 79.9 cm³/mol. The molecule has 1 amide bonds. The third-order valence-electron chi connectivity index (χ3n) is 4.00. The fourth-order valence-electron chi connectivity index (χ4n) is 2.91. The van der Waals surface area contributed by atoms with Gasteiger partial charge in [0, 0.05) is 19.1 Å². The van der Waals surface area contributed by atoms with Gasteiger partial charge in [-0.2, -0.15) is 0 Å². The minimum absolute atomic E-state index is 0.00894. The molecule has 1 aromatic carbocycles. The summed E-state index contributed by atoms with van der Waals surface area (Å²) in [5.41, 5.74) is 6.90. The molecular formula is C15H23N3O2. The number of likely N-dealkylation sites (tertiary alicyclic amines) is 1. The number of carbonyl (C=O) groups excluding carboxylic acids is 1. The van der Waals surface area contributed by atoms with E-state index in [1.807, 2.05) is 4.90 Å². The molecule has 2 atom stereocenters. The van der Waals surface area contributed by atoms with Crippen LogP contribution in [0.3, 0.4) is 0 Å². The lowest BCUT2D eigenvalue weighted by Gasteiger charge is -2.22. The van der Waals surface area contributed by atoms with Crippen molar-refractivity contribution in [1.82, 2.24) is 9.80 Å². The number of hydrogen-bond donors (Lipinski definition) is 1. The van der Waals surface area contributed by atoms with E-state index >= 15 is 0 Å². The lowest BCUT2D eigenvalue weighted by molar-refractivity contribution is 0.0778. The molecule has 0 aromatic heterocycles. The first kappa shape index (κ1) is 14.7. The first-order valence-corrected chi connectivity index (χ1v) is 6.84. The standard InChI is InChI=1S/C15H23N3O2/c1-10-8-18(9-13(10)17(2)3)15(19)11-6-5-7-12(16)14(11)20-4/h5-7,10,13H,8-9,16H2,1-4H3. The Morgan fingerprint density at radius 3 is 2.65 bits per heavy atom. The smallest absolute Gasteiger partial charge is 0.257 e. The Morgan fingerprint density at radius 2 is 2.10 bits per heavy atom. The number of likely N-dealkylation sites (N-methyl/N-ethyl adjacent to an activating group) is 1. The number of nitrogens with two attached hydrogens (primary N) is 1. The van der Waals surface area contributed by atoms with Gasteiger partial charge in [0.1, 0.15) is 0 Å². The van der Waals surface area contributed by atoms with Crippen molar-refractivity contribution in [2.45, 2.75) is 13.0 Å². The summed E-state index contributed by atoms with van der Waals surface area (Å²) in [6.07, 6.45) is 0. The van der Waals surface area contributed by atoms with Crippen LogP contribution in [0.5, 0.6) is 5.75 Å². The van der Waals surface area contributed by atoms with E-state index < -0.39 is 0 Å².